The Morgan fingerprint density at radius 3 is 2.54 bits per heavy atom. The minimum atomic E-state index is -0.0258. The molecular weight excluding hydrogens is 395 g/mol. The number of benzene rings is 1. The van der Waals surface area contributed by atoms with Crippen molar-refractivity contribution in [3.63, 3.8) is 0 Å². The number of nitrogens with zero attached hydrogens (tertiary/aromatic N) is 3. The smallest absolute Gasteiger partial charge is 0.254 e. The number of halogens is 2. The van der Waals surface area contributed by atoms with Gasteiger partial charge in [0, 0.05) is 49.9 Å². The van der Waals surface area contributed by atoms with Gasteiger partial charge in [-0.15, -0.1) is 24.8 Å². The van der Waals surface area contributed by atoms with Crippen molar-refractivity contribution >= 4 is 36.5 Å². The van der Waals surface area contributed by atoms with Crippen LogP contribution in [0.15, 0.2) is 48.7 Å². The molecule has 28 heavy (non-hydrogen) atoms. The molecule has 2 aliphatic rings. The summed E-state index contributed by atoms with van der Waals surface area (Å²) in [5.74, 6) is 1.83. The lowest BCUT2D eigenvalue weighted by atomic mass is 9.95. The molecule has 3 atom stereocenters. The number of aromatic nitrogens is 1. The quantitative estimate of drug-likeness (QED) is 0.823. The summed E-state index contributed by atoms with van der Waals surface area (Å²) in [6, 6.07) is 14.0. The van der Waals surface area contributed by atoms with E-state index < -0.39 is 0 Å². The van der Waals surface area contributed by atoms with Crippen LogP contribution in [0.3, 0.4) is 0 Å². The van der Waals surface area contributed by atoms with Crippen molar-refractivity contribution in [3.8, 4) is 0 Å². The summed E-state index contributed by atoms with van der Waals surface area (Å²) in [7, 11) is 0. The third-order valence-electron chi connectivity index (χ3n) is 5.62. The fourth-order valence-electron chi connectivity index (χ4n) is 4.10. The lowest BCUT2D eigenvalue weighted by molar-refractivity contribution is 0.0789. The van der Waals surface area contributed by atoms with Crippen LogP contribution in [0.2, 0.25) is 0 Å². The van der Waals surface area contributed by atoms with E-state index in [2.05, 4.69) is 28.9 Å². The van der Waals surface area contributed by atoms with Crippen molar-refractivity contribution in [2.45, 2.75) is 25.3 Å². The van der Waals surface area contributed by atoms with Crippen molar-refractivity contribution in [1.29, 1.82) is 0 Å². The zero-order valence-electron chi connectivity index (χ0n) is 16.0. The van der Waals surface area contributed by atoms with Crippen LogP contribution in [-0.4, -0.2) is 48.0 Å². The fraction of sp³-hybridized carbons (Fsp3) is 0.429. The predicted molar refractivity (Wildman–Crippen MR) is 118 cm³/mol. The average molecular weight is 423 g/mol. The zero-order valence-corrected chi connectivity index (χ0v) is 17.7. The van der Waals surface area contributed by atoms with Gasteiger partial charge in [0.25, 0.3) is 5.91 Å². The first-order chi connectivity index (χ1) is 12.6. The highest BCUT2D eigenvalue weighted by Gasteiger charge is 2.34. The van der Waals surface area contributed by atoms with Gasteiger partial charge in [-0.1, -0.05) is 37.3 Å². The van der Waals surface area contributed by atoms with Crippen molar-refractivity contribution in [1.82, 2.24) is 9.88 Å². The van der Waals surface area contributed by atoms with Gasteiger partial charge < -0.3 is 15.5 Å². The van der Waals surface area contributed by atoms with Crippen LogP contribution < -0.4 is 10.6 Å². The highest BCUT2D eigenvalue weighted by Crippen LogP contribution is 2.28. The largest absolute Gasteiger partial charge is 0.356 e. The zero-order chi connectivity index (χ0) is 18.1. The van der Waals surface area contributed by atoms with Gasteiger partial charge in [-0.25, -0.2) is 4.98 Å². The Balaban J connectivity index is 0.00000140. The molecule has 2 N–H and O–H groups in total. The van der Waals surface area contributed by atoms with E-state index in [1.165, 1.54) is 12.0 Å². The third-order valence-corrected chi connectivity index (χ3v) is 5.62. The Morgan fingerprint density at radius 2 is 1.86 bits per heavy atom. The number of carbonyl (C=O) groups is 1. The second kappa shape index (κ2) is 9.59. The maximum Gasteiger partial charge on any atom is 0.254 e. The molecule has 5 nitrogen and oxygen atoms in total. The summed E-state index contributed by atoms with van der Waals surface area (Å²) in [6.07, 6.45) is 2.93. The highest BCUT2D eigenvalue weighted by atomic mass is 35.5. The van der Waals surface area contributed by atoms with E-state index in [4.69, 9.17) is 5.73 Å². The number of nitrogens with two attached hydrogens (primary N) is 1. The van der Waals surface area contributed by atoms with E-state index in [0.717, 1.165) is 18.9 Å². The van der Waals surface area contributed by atoms with Gasteiger partial charge in [-0.2, -0.15) is 0 Å². The van der Waals surface area contributed by atoms with Crippen LogP contribution in [0.1, 0.15) is 35.2 Å². The number of carbonyl (C=O) groups excluding carboxylic acids is 1. The van der Waals surface area contributed by atoms with Crippen molar-refractivity contribution in [2.24, 2.45) is 11.7 Å². The SMILES string of the molecule is CC1CCN(c2cc(C(=O)N3C[C@@H](N)[C@H](c4ccccc4)C3)ccn2)C1.Cl.Cl. The van der Waals surface area contributed by atoms with Crippen LogP contribution in [0.5, 0.6) is 0 Å². The Bertz CT molecular complexity index is 789. The van der Waals surface area contributed by atoms with E-state index in [0.29, 0.717) is 24.6 Å². The molecule has 0 saturated carbocycles. The Hall–Kier alpha value is -1.82. The van der Waals surface area contributed by atoms with Crippen LogP contribution in [0, 0.1) is 5.92 Å². The predicted octanol–water partition coefficient (Wildman–Crippen LogP) is 3.34. The number of rotatable bonds is 3. The lowest BCUT2D eigenvalue weighted by Crippen LogP contribution is -2.32. The minimum absolute atomic E-state index is 0. The fourth-order valence-corrected chi connectivity index (χ4v) is 4.10. The Labute approximate surface area is 179 Å². The maximum atomic E-state index is 13.0. The number of hydrogen-bond donors (Lipinski definition) is 1. The molecule has 1 aromatic carbocycles. The van der Waals surface area contributed by atoms with Crippen molar-refractivity contribution < 1.29 is 4.79 Å². The summed E-state index contributed by atoms with van der Waals surface area (Å²) < 4.78 is 0. The second-order valence-corrected chi connectivity index (χ2v) is 7.63. The molecule has 2 aliphatic heterocycles. The van der Waals surface area contributed by atoms with Crippen LogP contribution in [-0.2, 0) is 0 Å². The van der Waals surface area contributed by atoms with Crippen LogP contribution in [0.4, 0.5) is 5.82 Å². The molecule has 0 bridgehead atoms. The molecule has 2 aromatic rings. The van der Waals surface area contributed by atoms with E-state index >= 15 is 0 Å². The molecule has 1 unspecified atom stereocenters. The Kier molecular flexibility index (Phi) is 7.70. The van der Waals surface area contributed by atoms with E-state index in [9.17, 15) is 4.79 Å². The maximum absolute atomic E-state index is 13.0. The molecule has 0 radical (unpaired) electrons. The molecule has 0 aliphatic carbocycles. The normalized spacial score (nSPS) is 23.9. The molecule has 4 rings (SSSR count). The van der Waals surface area contributed by atoms with Gasteiger partial charge >= 0.3 is 0 Å². The van der Waals surface area contributed by atoms with Gasteiger partial charge in [0.05, 0.1) is 0 Å². The van der Waals surface area contributed by atoms with Gasteiger partial charge in [-0.05, 0) is 30.0 Å². The Morgan fingerprint density at radius 1 is 1.11 bits per heavy atom. The number of anilines is 1. The van der Waals surface area contributed by atoms with Crippen molar-refractivity contribution in [2.75, 3.05) is 31.1 Å². The summed E-state index contributed by atoms with van der Waals surface area (Å²) >= 11 is 0. The van der Waals surface area contributed by atoms with Crippen molar-refractivity contribution in [3.05, 3.63) is 59.8 Å². The summed E-state index contributed by atoms with van der Waals surface area (Å²) in [4.78, 5) is 21.6. The first kappa shape index (κ1) is 22.5. The topological polar surface area (TPSA) is 62.5 Å². The molecule has 2 fully saturated rings. The monoisotopic (exact) mass is 422 g/mol. The molecule has 7 heteroatoms. The second-order valence-electron chi connectivity index (χ2n) is 7.63. The summed E-state index contributed by atoms with van der Waals surface area (Å²) in [5, 5.41) is 0. The molecule has 3 heterocycles. The van der Waals surface area contributed by atoms with E-state index in [1.807, 2.05) is 35.2 Å². The molecule has 152 valence electrons. The highest BCUT2D eigenvalue weighted by molar-refractivity contribution is 5.95. The minimum Gasteiger partial charge on any atom is -0.356 e. The number of hydrogen-bond acceptors (Lipinski definition) is 4. The van der Waals surface area contributed by atoms with Gasteiger partial charge in [0.2, 0.25) is 0 Å². The van der Waals surface area contributed by atoms with Gasteiger partial charge in [0.1, 0.15) is 5.82 Å². The number of pyridine rings is 1. The first-order valence-electron chi connectivity index (χ1n) is 9.42. The molecule has 0 spiro atoms. The molecule has 1 aromatic heterocycles. The average Bonchev–Trinajstić information content (AvgIpc) is 3.28. The lowest BCUT2D eigenvalue weighted by Gasteiger charge is -2.20. The third kappa shape index (κ3) is 4.59. The number of likely N-dealkylation sites (tertiary alicyclic amines) is 1. The van der Waals surface area contributed by atoms with E-state index in [-0.39, 0.29) is 42.7 Å². The number of amides is 1. The first-order valence-corrected chi connectivity index (χ1v) is 9.42. The van der Waals surface area contributed by atoms with E-state index in [1.54, 1.807) is 6.20 Å². The van der Waals surface area contributed by atoms with Gasteiger partial charge in [-0.3, -0.25) is 4.79 Å². The molecule has 2 saturated heterocycles. The standard InChI is InChI=1S/C21H26N4O.2ClH/c1-15-8-10-24(12-15)20-11-17(7-9-23-20)21(26)25-13-18(19(22)14-25)16-5-3-2-4-6-16;;/h2-7,9,11,15,18-19H,8,10,12-14,22H2,1H3;2*1H/t15?,18-,19+;;/m0../s1. The summed E-state index contributed by atoms with van der Waals surface area (Å²) in [6.45, 7) is 5.54. The van der Waals surface area contributed by atoms with Crippen LogP contribution >= 0.6 is 24.8 Å². The molecule has 1 amide bonds. The summed E-state index contributed by atoms with van der Waals surface area (Å²) in [5.41, 5.74) is 8.26. The van der Waals surface area contributed by atoms with Crippen LogP contribution in [0.25, 0.3) is 0 Å². The van der Waals surface area contributed by atoms with Gasteiger partial charge in [0.15, 0.2) is 0 Å². The molecular formula is C21H28Cl2N4O.